The molecule has 1 amide bonds. The molecule has 3 rings (SSSR count). The number of aromatic nitrogens is 1. The molecule has 1 aliphatic heterocycles. The number of hydrogen-bond donors (Lipinski definition) is 2. The molecule has 2 aromatic rings. The van der Waals surface area contributed by atoms with Crippen LogP contribution in [0.2, 0.25) is 0 Å². The number of ether oxygens (including phenoxy) is 1. The van der Waals surface area contributed by atoms with Gasteiger partial charge in [0.25, 0.3) is 5.91 Å². The molecule has 0 radical (unpaired) electrons. The van der Waals surface area contributed by atoms with Gasteiger partial charge in [0.2, 0.25) is 0 Å². The molecular weight excluding hydrogens is 486 g/mol. The number of halogens is 4. The van der Waals surface area contributed by atoms with Gasteiger partial charge in [-0.25, -0.2) is 9.18 Å². The Morgan fingerprint density at radius 1 is 1.08 bits per heavy atom. The Hall–Kier alpha value is -3.38. The zero-order chi connectivity index (χ0) is 26.7. The molecule has 2 N–H and O–H groups in total. The summed E-state index contributed by atoms with van der Waals surface area (Å²) < 4.78 is 49.7. The fraction of sp³-hybridized carbons (Fsp3) is 0.417. The molecule has 1 aromatic carbocycles. The summed E-state index contributed by atoms with van der Waals surface area (Å²) in [5, 5.41) is 10.1. The maximum atomic E-state index is 13.0. The van der Waals surface area contributed by atoms with Crippen LogP contribution in [0.25, 0.3) is 0 Å². The molecule has 0 saturated carbocycles. The number of carboxylic acids is 1. The van der Waals surface area contributed by atoms with E-state index in [4.69, 9.17) is 14.6 Å². The Morgan fingerprint density at radius 2 is 1.67 bits per heavy atom. The van der Waals surface area contributed by atoms with Crippen LogP contribution in [0.15, 0.2) is 42.6 Å². The second-order valence-corrected chi connectivity index (χ2v) is 8.13. The number of methoxy groups -OCH3 is 1. The lowest BCUT2D eigenvalue weighted by atomic mass is 9.96. The molecule has 12 heteroatoms. The Bertz CT molecular complexity index is 1010. The number of nitrogens with zero attached hydrogens (tertiary/aromatic N) is 2. The van der Waals surface area contributed by atoms with Gasteiger partial charge >= 0.3 is 12.1 Å². The zero-order valence-electron chi connectivity index (χ0n) is 19.6. The van der Waals surface area contributed by atoms with Crippen molar-refractivity contribution in [3.05, 3.63) is 65.2 Å². The highest BCUT2D eigenvalue weighted by Gasteiger charge is 2.38. The molecule has 8 nitrogen and oxygen atoms in total. The van der Waals surface area contributed by atoms with Crippen LogP contribution in [0.3, 0.4) is 0 Å². The summed E-state index contributed by atoms with van der Waals surface area (Å²) in [6.45, 7) is 2.98. The first-order chi connectivity index (χ1) is 17.0. The normalized spacial score (nSPS) is 14.5. The number of likely N-dealkylation sites (tertiary alicyclic amines) is 1. The second kappa shape index (κ2) is 13.6. The summed E-state index contributed by atoms with van der Waals surface area (Å²) in [6, 6.07) is 9.20. The van der Waals surface area contributed by atoms with Crippen LogP contribution in [0.4, 0.5) is 17.6 Å². The number of pyridine rings is 1. The summed E-state index contributed by atoms with van der Waals surface area (Å²) in [6.07, 6.45) is -1.68. The predicted molar refractivity (Wildman–Crippen MR) is 121 cm³/mol. The van der Waals surface area contributed by atoms with Crippen molar-refractivity contribution in [2.75, 3.05) is 33.3 Å². The number of aliphatic carboxylic acids is 1. The summed E-state index contributed by atoms with van der Waals surface area (Å²) in [7, 11) is 1.60. The largest absolute Gasteiger partial charge is 0.490 e. The van der Waals surface area contributed by atoms with Gasteiger partial charge in [-0.05, 0) is 68.2 Å². The molecule has 0 bridgehead atoms. The van der Waals surface area contributed by atoms with Crippen molar-refractivity contribution in [1.29, 1.82) is 0 Å². The van der Waals surface area contributed by atoms with Crippen LogP contribution in [-0.4, -0.2) is 72.1 Å². The van der Waals surface area contributed by atoms with Gasteiger partial charge in [-0.2, -0.15) is 13.2 Å². The van der Waals surface area contributed by atoms with Crippen molar-refractivity contribution < 1.29 is 41.8 Å². The van der Waals surface area contributed by atoms with Crippen LogP contribution < -0.4 is 5.32 Å². The first-order valence-electron chi connectivity index (χ1n) is 11.0. The SMILES string of the molecule is COCc1ccc(C(=O)NCC2CCN(CC(=O)c3ccc(F)cc3)CC2)cn1.O=C(O)C(F)(F)F. The number of amides is 1. The number of rotatable bonds is 8. The van der Waals surface area contributed by atoms with Crippen LogP contribution in [0, 0.1) is 11.7 Å². The Balaban J connectivity index is 0.000000572. The topological polar surface area (TPSA) is 109 Å². The Labute approximate surface area is 205 Å². The van der Waals surface area contributed by atoms with E-state index >= 15 is 0 Å². The number of carboxylic acid groups (broad SMARTS) is 1. The third kappa shape index (κ3) is 9.70. The molecule has 1 aliphatic rings. The first-order valence-corrected chi connectivity index (χ1v) is 11.0. The number of alkyl halides is 3. The van der Waals surface area contributed by atoms with E-state index in [1.54, 1.807) is 25.4 Å². The van der Waals surface area contributed by atoms with Gasteiger partial charge in [0.15, 0.2) is 5.78 Å². The first kappa shape index (κ1) is 28.9. The number of ketones is 1. The van der Waals surface area contributed by atoms with E-state index in [0.717, 1.165) is 31.6 Å². The molecule has 196 valence electrons. The van der Waals surface area contributed by atoms with Crippen molar-refractivity contribution in [2.45, 2.75) is 25.6 Å². The minimum Gasteiger partial charge on any atom is -0.475 e. The highest BCUT2D eigenvalue weighted by molar-refractivity contribution is 5.97. The molecule has 0 atom stereocenters. The predicted octanol–water partition coefficient (Wildman–Crippen LogP) is 3.33. The average Bonchev–Trinajstić information content (AvgIpc) is 2.84. The van der Waals surface area contributed by atoms with E-state index in [0.29, 0.717) is 36.7 Å². The lowest BCUT2D eigenvalue weighted by Gasteiger charge is -2.31. The van der Waals surface area contributed by atoms with E-state index in [1.807, 2.05) is 0 Å². The quantitative estimate of drug-likeness (QED) is 0.412. The van der Waals surface area contributed by atoms with Crippen LogP contribution in [0.5, 0.6) is 0 Å². The lowest BCUT2D eigenvalue weighted by molar-refractivity contribution is -0.192. The number of carbonyl (C=O) groups excluding carboxylic acids is 2. The van der Waals surface area contributed by atoms with Gasteiger partial charge in [-0.3, -0.25) is 19.5 Å². The molecule has 1 aromatic heterocycles. The van der Waals surface area contributed by atoms with Gasteiger partial charge in [-0.1, -0.05) is 0 Å². The number of carbonyl (C=O) groups is 3. The smallest absolute Gasteiger partial charge is 0.475 e. The molecule has 0 spiro atoms. The average molecular weight is 513 g/mol. The number of piperidine rings is 1. The molecule has 0 aliphatic carbocycles. The van der Waals surface area contributed by atoms with E-state index in [2.05, 4.69) is 15.2 Å². The number of hydrogen-bond acceptors (Lipinski definition) is 6. The summed E-state index contributed by atoms with van der Waals surface area (Å²) >= 11 is 0. The Morgan fingerprint density at radius 3 is 2.17 bits per heavy atom. The molecule has 0 unspecified atom stereocenters. The third-order valence-electron chi connectivity index (χ3n) is 5.41. The lowest BCUT2D eigenvalue weighted by Crippen LogP contribution is -2.40. The van der Waals surface area contributed by atoms with Gasteiger partial charge in [0.05, 0.1) is 24.4 Å². The number of benzene rings is 1. The van der Waals surface area contributed by atoms with Gasteiger partial charge in [-0.15, -0.1) is 0 Å². The maximum absolute atomic E-state index is 13.0. The van der Waals surface area contributed by atoms with E-state index in [9.17, 15) is 27.2 Å². The molecule has 1 fully saturated rings. The fourth-order valence-corrected chi connectivity index (χ4v) is 3.41. The van der Waals surface area contributed by atoms with Crippen molar-refractivity contribution in [3.8, 4) is 0 Å². The van der Waals surface area contributed by atoms with E-state index in [-0.39, 0.29) is 17.5 Å². The van der Waals surface area contributed by atoms with Gasteiger partial charge in [0.1, 0.15) is 5.82 Å². The molecule has 2 heterocycles. The minimum absolute atomic E-state index is 0.00109. The summed E-state index contributed by atoms with van der Waals surface area (Å²) in [4.78, 5) is 39.8. The highest BCUT2D eigenvalue weighted by Crippen LogP contribution is 2.17. The third-order valence-corrected chi connectivity index (χ3v) is 5.41. The number of Topliss-reactive ketones (excluding diaryl/α,β-unsaturated/α-hetero) is 1. The zero-order valence-corrected chi connectivity index (χ0v) is 19.6. The second-order valence-electron chi connectivity index (χ2n) is 8.13. The Kier molecular flexibility index (Phi) is 10.9. The number of nitrogens with one attached hydrogen (secondary N) is 1. The van der Waals surface area contributed by atoms with Crippen LogP contribution >= 0.6 is 0 Å². The van der Waals surface area contributed by atoms with Gasteiger partial charge in [0, 0.05) is 25.4 Å². The molecular formula is C24H27F4N3O5. The highest BCUT2D eigenvalue weighted by atomic mass is 19.4. The standard InChI is InChI=1S/C22H26FN3O3.C2HF3O2/c1-29-15-20-7-4-18(13-24-20)22(28)25-12-16-8-10-26(11-9-16)14-21(27)17-2-5-19(23)6-3-17;3-2(4,5)1(6)7/h2-7,13,16H,8-12,14-15H2,1H3,(H,25,28);(H,6,7). The maximum Gasteiger partial charge on any atom is 0.490 e. The minimum atomic E-state index is -5.08. The van der Waals surface area contributed by atoms with Crippen molar-refractivity contribution in [2.24, 2.45) is 5.92 Å². The molecule has 36 heavy (non-hydrogen) atoms. The van der Waals surface area contributed by atoms with Gasteiger partial charge < -0.3 is 15.2 Å². The summed E-state index contributed by atoms with van der Waals surface area (Å²) in [5.41, 5.74) is 1.85. The van der Waals surface area contributed by atoms with Crippen LogP contribution in [-0.2, 0) is 16.1 Å². The van der Waals surface area contributed by atoms with E-state index < -0.39 is 12.1 Å². The van der Waals surface area contributed by atoms with Crippen LogP contribution in [0.1, 0.15) is 39.3 Å². The summed E-state index contributed by atoms with van der Waals surface area (Å²) in [5.74, 6) is -2.84. The van der Waals surface area contributed by atoms with Crippen molar-refractivity contribution >= 4 is 17.7 Å². The fourth-order valence-electron chi connectivity index (χ4n) is 3.41. The molecule has 1 saturated heterocycles. The van der Waals surface area contributed by atoms with E-state index in [1.165, 1.54) is 24.3 Å². The monoisotopic (exact) mass is 513 g/mol. The van der Waals surface area contributed by atoms with Crippen molar-refractivity contribution in [1.82, 2.24) is 15.2 Å². The van der Waals surface area contributed by atoms with Crippen molar-refractivity contribution in [3.63, 3.8) is 0 Å².